The molecule has 0 bridgehead atoms. The van der Waals surface area contributed by atoms with Gasteiger partial charge in [0, 0.05) is 24.6 Å². The molecule has 1 aromatic heterocycles. The Labute approximate surface area is 124 Å². The maximum absolute atomic E-state index is 12.4. The maximum atomic E-state index is 12.4. The maximum Gasteiger partial charge on any atom is 0.259 e. The monoisotopic (exact) mass is 281 g/mol. The molecule has 1 heterocycles. The van der Waals surface area contributed by atoms with Crippen LogP contribution in [0.25, 0.3) is 0 Å². The molecular formula is C17H19N3O. The second-order valence-electron chi connectivity index (χ2n) is 5.41. The fraction of sp³-hybridized carbons (Fsp3) is 0.294. The van der Waals surface area contributed by atoms with Crippen LogP contribution in [-0.2, 0) is 12.8 Å². The van der Waals surface area contributed by atoms with E-state index in [1.807, 2.05) is 19.1 Å². The summed E-state index contributed by atoms with van der Waals surface area (Å²) < 4.78 is 0. The van der Waals surface area contributed by atoms with Crippen molar-refractivity contribution in [3.05, 3.63) is 52.8 Å². The van der Waals surface area contributed by atoms with Crippen molar-refractivity contribution in [2.45, 2.75) is 26.2 Å². The number of aromatic nitrogens is 1. The van der Waals surface area contributed by atoms with Gasteiger partial charge in [-0.1, -0.05) is 6.07 Å². The molecule has 0 atom stereocenters. The Morgan fingerprint density at radius 2 is 2.00 bits per heavy atom. The molecule has 0 aliphatic heterocycles. The highest BCUT2D eigenvalue weighted by atomic mass is 16.1. The number of carbonyl (C=O) groups is 1. The zero-order chi connectivity index (χ0) is 14.8. The van der Waals surface area contributed by atoms with Crippen LogP contribution >= 0.6 is 0 Å². The standard InChI is InChI=1S/C17H19N3O/c1-11-8-16(18-2)15(10-19-11)17(21)20-14-7-6-12-4-3-5-13(12)9-14/h6-10H,3-5H2,1-2H3,(H,18,19)(H,20,21). The van der Waals surface area contributed by atoms with Gasteiger partial charge in [-0.3, -0.25) is 9.78 Å². The number of fused-ring (bicyclic) bond motifs is 1. The van der Waals surface area contributed by atoms with Gasteiger partial charge in [0.2, 0.25) is 0 Å². The summed E-state index contributed by atoms with van der Waals surface area (Å²) in [5.74, 6) is -0.134. The Morgan fingerprint density at radius 3 is 2.81 bits per heavy atom. The lowest BCUT2D eigenvalue weighted by atomic mass is 10.1. The number of benzene rings is 1. The van der Waals surface area contributed by atoms with Crippen LogP contribution in [-0.4, -0.2) is 17.9 Å². The number of pyridine rings is 1. The summed E-state index contributed by atoms with van der Waals surface area (Å²) in [6.45, 7) is 1.91. The molecule has 1 aliphatic carbocycles. The normalized spacial score (nSPS) is 12.9. The van der Waals surface area contributed by atoms with Crippen molar-refractivity contribution >= 4 is 17.3 Å². The topological polar surface area (TPSA) is 54.0 Å². The zero-order valence-corrected chi connectivity index (χ0v) is 12.4. The number of carbonyl (C=O) groups excluding carboxylic acids is 1. The van der Waals surface area contributed by atoms with Crippen LogP contribution in [0.15, 0.2) is 30.5 Å². The number of hydrogen-bond donors (Lipinski definition) is 2. The van der Waals surface area contributed by atoms with E-state index in [4.69, 9.17) is 0 Å². The Kier molecular flexibility index (Phi) is 3.60. The molecular weight excluding hydrogens is 262 g/mol. The summed E-state index contributed by atoms with van der Waals surface area (Å²) in [5, 5.41) is 6.01. The molecule has 0 fully saturated rings. The highest BCUT2D eigenvalue weighted by molar-refractivity contribution is 6.07. The highest BCUT2D eigenvalue weighted by Crippen LogP contribution is 2.25. The molecule has 3 rings (SSSR count). The molecule has 21 heavy (non-hydrogen) atoms. The average Bonchev–Trinajstić information content (AvgIpc) is 2.94. The number of nitrogens with zero attached hydrogens (tertiary/aromatic N) is 1. The highest BCUT2D eigenvalue weighted by Gasteiger charge is 2.14. The van der Waals surface area contributed by atoms with E-state index in [0.717, 1.165) is 29.9 Å². The van der Waals surface area contributed by atoms with E-state index in [1.165, 1.54) is 17.5 Å². The lowest BCUT2D eigenvalue weighted by Gasteiger charge is -2.11. The summed E-state index contributed by atoms with van der Waals surface area (Å²) in [6.07, 6.45) is 5.07. The molecule has 0 unspecified atom stereocenters. The molecule has 1 aliphatic rings. The molecule has 2 N–H and O–H groups in total. The fourth-order valence-electron chi connectivity index (χ4n) is 2.80. The van der Waals surface area contributed by atoms with Crippen molar-refractivity contribution in [1.82, 2.24) is 4.98 Å². The van der Waals surface area contributed by atoms with Crippen molar-refractivity contribution in [3.63, 3.8) is 0 Å². The quantitative estimate of drug-likeness (QED) is 0.908. The van der Waals surface area contributed by atoms with E-state index in [-0.39, 0.29) is 5.91 Å². The number of aryl methyl sites for hydroxylation is 3. The number of nitrogens with one attached hydrogen (secondary N) is 2. The van der Waals surface area contributed by atoms with Crippen LogP contribution in [0, 0.1) is 6.92 Å². The largest absolute Gasteiger partial charge is 0.387 e. The summed E-state index contributed by atoms with van der Waals surface area (Å²) in [5.41, 5.74) is 5.84. The number of hydrogen-bond acceptors (Lipinski definition) is 3. The summed E-state index contributed by atoms with van der Waals surface area (Å²) in [7, 11) is 1.81. The molecule has 108 valence electrons. The number of amides is 1. The molecule has 0 spiro atoms. The van der Waals surface area contributed by atoms with Gasteiger partial charge in [0.1, 0.15) is 0 Å². The van der Waals surface area contributed by atoms with Crippen molar-refractivity contribution in [2.75, 3.05) is 17.7 Å². The third-order valence-corrected chi connectivity index (χ3v) is 3.91. The average molecular weight is 281 g/mol. The smallest absolute Gasteiger partial charge is 0.259 e. The third-order valence-electron chi connectivity index (χ3n) is 3.91. The minimum Gasteiger partial charge on any atom is -0.387 e. The molecule has 4 heteroatoms. The SMILES string of the molecule is CNc1cc(C)ncc1C(=O)Nc1ccc2c(c1)CCC2. The summed E-state index contributed by atoms with van der Waals surface area (Å²) in [4.78, 5) is 16.6. The lowest BCUT2D eigenvalue weighted by Crippen LogP contribution is -2.15. The zero-order valence-electron chi connectivity index (χ0n) is 12.4. The minimum atomic E-state index is -0.134. The minimum absolute atomic E-state index is 0.134. The van der Waals surface area contributed by atoms with Gasteiger partial charge in [-0.15, -0.1) is 0 Å². The van der Waals surface area contributed by atoms with Gasteiger partial charge in [-0.2, -0.15) is 0 Å². The molecule has 1 aromatic carbocycles. The van der Waals surface area contributed by atoms with Crippen LogP contribution in [0.3, 0.4) is 0 Å². The molecule has 4 nitrogen and oxygen atoms in total. The van der Waals surface area contributed by atoms with Gasteiger partial charge in [0.25, 0.3) is 5.91 Å². The second-order valence-corrected chi connectivity index (χ2v) is 5.41. The molecule has 1 amide bonds. The second kappa shape index (κ2) is 5.56. The first kappa shape index (κ1) is 13.6. The predicted octanol–water partition coefficient (Wildman–Crippen LogP) is 3.17. The first-order valence-corrected chi connectivity index (χ1v) is 7.25. The van der Waals surface area contributed by atoms with Gasteiger partial charge in [0.05, 0.1) is 11.3 Å². The van der Waals surface area contributed by atoms with Crippen molar-refractivity contribution < 1.29 is 4.79 Å². The molecule has 2 aromatic rings. The van der Waals surface area contributed by atoms with Gasteiger partial charge in [-0.25, -0.2) is 0 Å². The van der Waals surface area contributed by atoms with Crippen molar-refractivity contribution in [2.24, 2.45) is 0 Å². The van der Waals surface area contributed by atoms with Gasteiger partial charge < -0.3 is 10.6 Å². The summed E-state index contributed by atoms with van der Waals surface area (Å²) >= 11 is 0. The molecule has 0 radical (unpaired) electrons. The summed E-state index contributed by atoms with van der Waals surface area (Å²) in [6, 6.07) is 8.05. The van der Waals surface area contributed by atoms with E-state index in [9.17, 15) is 4.79 Å². The third kappa shape index (κ3) is 2.75. The first-order valence-electron chi connectivity index (χ1n) is 7.25. The van der Waals surface area contributed by atoms with Crippen LogP contribution in [0.2, 0.25) is 0 Å². The Morgan fingerprint density at radius 1 is 1.19 bits per heavy atom. The van der Waals surface area contributed by atoms with Crippen molar-refractivity contribution in [1.29, 1.82) is 0 Å². The predicted molar refractivity (Wildman–Crippen MR) is 84.9 cm³/mol. The lowest BCUT2D eigenvalue weighted by molar-refractivity contribution is 0.102. The van der Waals surface area contributed by atoms with E-state index < -0.39 is 0 Å². The fourth-order valence-corrected chi connectivity index (χ4v) is 2.80. The Hall–Kier alpha value is -2.36. The van der Waals surface area contributed by atoms with Crippen LogP contribution in [0.4, 0.5) is 11.4 Å². The van der Waals surface area contributed by atoms with E-state index in [1.54, 1.807) is 13.2 Å². The van der Waals surface area contributed by atoms with Crippen LogP contribution in [0.5, 0.6) is 0 Å². The van der Waals surface area contributed by atoms with E-state index >= 15 is 0 Å². The molecule has 0 saturated heterocycles. The number of rotatable bonds is 3. The van der Waals surface area contributed by atoms with Gasteiger partial charge >= 0.3 is 0 Å². The van der Waals surface area contributed by atoms with Gasteiger partial charge in [-0.05, 0) is 55.5 Å². The van der Waals surface area contributed by atoms with E-state index in [2.05, 4.69) is 27.8 Å². The van der Waals surface area contributed by atoms with Gasteiger partial charge in [0.15, 0.2) is 0 Å². The van der Waals surface area contributed by atoms with E-state index in [0.29, 0.717) is 5.56 Å². The van der Waals surface area contributed by atoms with Crippen LogP contribution < -0.4 is 10.6 Å². The Bertz CT molecular complexity index is 694. The van der Waals surface area contributed by atoms with Crippen LogP contribution in [0.1, 0.15) is 33.6 Å². The first-order chi connectivity index (χ1) is 10.2. The number of anilines is 2. The van der Waals surface area contributed by atoms with Crippen molar-refractivity contribution in [3.8, 4) is 0 Å². The molecule has 0 saturated carbocycles. The Balaban J connectivity index is 1.83.